The van der Waals surface area contributed by atoms with E-state index in [9.17, 15) is 5.11 Å². The molecular weight excluding hydrogens is 240 g/mol. The molecule has 3 N–H and O–H groups in total. The van der Waals surface area contributed by atoms with Gasteiger partial charge in [-0.15, -0.1) is 0 Å². The number of nitrogens with one attached hydrogen (secondary N) is 2. The van der Waals surface area contributed by atoms with Gasteiger partial charge in [0.15, 0.2) is 0 Å². The summed E-state index contributed by atoms with van der Waals surface area (Å²) >= 11 is 0. The van der Waals surface area contributed by atoms with Gasteiger partial charge in [0, 0.05) is 25.1 Å². The van der Waals surface area contributed by atoms with Crippen LogP contribution in [0.5, 0.6) is 0 Å². The fourth-order valence-electron chi connectivity index (χ4n) is 2.70. The highest BCUT2D eigenvalue weighted by Crippen LogP contribution is 2.26. The van der Waals surface area contributed by atoms with E-state index >= 15 is 0 Å². The van der Waals surface area contributed by atoms with E-state index in [1.54, 1.807) is 0 Å². The van der Waals surface area contributed by atoms with E-state index in [2.05, 4.69) is 20.6 Å². The quantitative estimate of drug-likeness (QED) is 0.777. The summed E-state index contributed by atoms with van der Waals surface area (Å²) in [5, 5.41) is 16.4. The van der Waals surface area contributed by atoms with Gasteiger partial charge in [-0.1, -0.05) is 12.8 Å². The topological polar surface area (TPSA) is 70.1 Å². The van der Waals surface area contributed by atoms with Crippen LogP contribution >= 0.6 is 0 Å². The minimum absolute atomic E-state index is 0.173. The van der Waals surface area contributed by atoms with E-state index < -0.39 is 0 Å². The SMILES string of the molecule is CNc1nc(C)nc(NCC2CCCCC2O)c1C. The van der Waals surface area contributed by atoms with Crippen molar-refractivity contribution in [2.24, 2.45) is 5.92 Å². The maximum Gasteiger partial charge on any atom is 0.134 e. The van der Waals surface area contributed by atoms with E-state index in [-0.39, 0.29) is 6.10 Å². The van der Waals surface area contributed by atoms with Gasteiger partial charge >= 0.3 is 0 Å². The van der Waals surface area contributed by atoms with Crippen LogP contribution < -0.4 is 10.6 Å². The Hall–Kier alpha value is -1.36. The van der Waals surface area contributed by atoms with Crippen molar-refractivity contribution in [2.75, 3.05) is 24.2 Å². The highest BCUT2D eigenvalue weighted by atomic mass is 16.3. The second-order valence-corrected chi connectivity index (χ2v) is 5.34. The van der Waals surface area contributed by atoms with E-state index in [0.29, 0.717) is 5.92 Å². The van der Waals surface area contributed by atoms with Crippen molar-refractivity contribution >= 4 is 11.6 Å². The molecule has 106 valence electrons. The molecule has 1 aliphatic rings. The number of anilines is 2. The summed E-state index contributed by atoms with van der Waals surface area (Å²) in [6.45, 7) is 4.67. The van der Waals surface area contributed by atoms with Crippen LogP contribution in [0.1, 0.15) is 37.1 Å². The number of hydrogen-bond acceptors (Lipinski definition) is 5. The number of aromatic nitrogens is 2. The molecule has 0 aromatic carbocycles. The van der Waals surface area contributed by atoms with Crippen molar-refractivity contribution in [1.29, 1.82) is 0 Å². The van der Waals surface area contributed by atoms with Gasteiger partial charge in [-0.05, 0) is 26.7 Å². The number of aliphatic hydroxyl groups is 1. The highest BCUT2D eigenvalue weighted by molar-refractivity contribution is 5.56. The molecule has 1 fully saturated rings. The maximum absolute atomic E-state index is 9.99. The monoisotopic (exact) mass is 264 g/mol. The summed E-state index contributed by atoms with van der Waals surface area (Å²) in [5.41, 5.74) is 1.03. The van der Waals surface area contributed by atoms with Crippen LogP contribution in [0, 0.1) is 19.8 Å². The van der Waals surface area contributed by atoms with Gasteiger partial charge in [0.1, 0.15) is 17.5 Å². The third-order valence-electron chi connectivity index (χ3n) is 3.90. The van der Waals surface area contributed by atoms with Gasteiger partial charge in [-0.25, -0.2) is 9.97 Å². The lowest BCUT2D eigenvalue weighted by Crippen LogP contribution is -2.30. The number of hydrogen-bond donors (Lipinski definition) is 3. The lowest BCUT2D eigenvalue weighted by Gasteiger charge is -2.28. The van der Waals surface area contributed by atoms with Gasteiger partial charge in [-0.3, -0.25) is 0 Å². The van der Waals surface area contributed by atoms with Crippen molar-refractivity contribution in [3.05, 3.63) is 11.4 Å². The Morgan fingerprint density at radius 3 is 2.53 bits per heavy atom. The van der Waals surface area contributed by atoms with Gasteiger partial charge in [0.2, 0.25) is 0 Å². The highest BCUT2D eigenvalue weighted by Gasteiger charge is 2.23. The van der Waals surface area contributed by atoms with Crippen LogP contribution in [0.25, 0.3) is 0 Å². The summed E-state index contributed by atoms with van der Waals surface area (Å²) in [7, 11) is 1.86. The zero-order chi connectivity index (χ0) is 13.8. The maximum atomic E-state index is 9.99. The molecule has 1 aromatic heterocycles. The van der Waals surface area contributed by atoms with Crippen LogP contribution in [-0.4, -0.2) is 34.8 Å². The second-order valence-electron chi connectivity index (χ2n) is 5.34. The Balaban J connectivity index is 2.04. The van der Waals surface area contributed by atoms with Crippen LogP contribution in [0.2, 0.25) is 0 Å². The fraction of sp³-hybridized carbons (Fsp3) is 0.714. The van der Waals surface area contributed by atoms with Crippen LogP contribution in [0.15, 0.2) is 0 Å². The molecule has 0 bridgehead atoms. The van der Waals surface area contributed by atoms with Crippen LogP contribution in [-0.2, 0) is 0 Å². The normalized spacial score (nSPS) is 23.2. The zero-order valence-corrected chi connectivity index (χ0v) is 12.0. The van der Waals surface area contributed by atoms with Crippen molar-refractivity contribution in [3.63, 3.8) is 0 Å². The predicted molar refractivity (Wildman–Crippen MR) is 77.5 cm³/mol. The largest absolute Gasteiger partial charge is 0.393 e. The molecule has 0 saturated heterocycles. The second kappa shape index (κ2) is 6.19. The van der Waals surface area contributed by atoms with E-state index in [0.717, 1.165) is 48.8 Å². The number of nitrogens with zero attached hydrogens (tertiary/aromatic N) is 2. The summed E-state index contributed by atoms with van der Waals surface area (Å²) in [5.74, 6) is 2.82. The van der Waals surface area contributed by atoms with Gasteiger partial charge < -0.3 is 15.7 Å². The Kier molecular flexibility index (Phi) is 4.58. The first-order valence-corrected chi connectivity index (χ1v) is 7.06. The van der Waals surface area contributed by atoms with Gasteiger partial charge in [0.25, 0.3) is 0 Å². The van der Waals surface area contributed by atoms with E-state index in [1.807, 2.05) is 20.9 Å². The first-order valence-electron chi connectivity index (χ1n) is 7.06. The molecule has 1 aliphatic carbocycles. The first-order chi connectivity index (χ1) is 9.11. The smallest absolute Gasteiger partial charge is 0.134 e. The molecule has 19 heavy (non-hydrogen) atoms. The van der Waals surface area contributed by atoms with Crippen molar-refractivity contribution < 1.29 is 5.11 Å². The summed E-state index contributed by atoms with van der Waals surface area (Å²) in [6.07, 6.45) is 4.21. The molecular formula is C14H24N4O. The van der Waals surface area contributed by atoms with E-state index in [4.69, 9.17) is 0 Å². The van der Waals surface area contributed by atoms with E-state index in [1.165, 1.54) is 6.42 Å². The minimum atomic E-state index is -0.173. The zero-order valence-electron chi connectivity index (χ0n) is 12.0. The summed E-state index contributed by atoms with van der Waals surface area (Å²) < 4.78 is 0. The Morgan fingerprint density at radius 1 is 1.16 bits per heavy atom. The molecule has 2 atom stereocenters. The molecule has 2 rings (SSSR count). The molecule has 1 saturated carbocycles. The lowest BCUT2D eigenvalue weighted by atomic mass is 9.86. The van der Waals surface area contributed by atoms with Crippen molar-refractivity contribution in [3.8, 4) is 0 Å². The van der Waals surface area contributed by atoms with Crippen molar-refractivity contribution in [1.82, 2.24) is 9.97 Å². The molecule has 0 amide bonds. The standard InChI is InChI=1S/C14H24N4O/c1-9-13(15-3)17-10(2)18-14(9)16-8-11-6-4-5-7-12(11)19/h11-12,19H,4-8H2,1-3H3,(H2,15,16,17,18). The molecule has 0 radical (unpaired) electrons. The third-order valence-corrected chi connectivity index (χ3v) is 3.90. The Labute approximate surface area is 114 Å². The number of aryl methyl sites for hydroxylation is 1. The summed E-state index contributed by atoms with van der Waals surface area (Å²) in [6, 6.07) is 0. The molecule has 0 spiro atoms. The third kappa shape index (κ3) is 3.35. The molecule has 1 heterocycles. The van der Waals surface area contributed by atoms with Crippen LogP contribution in [0.4, 0.5) is 11.6 Å². The molecule has 5 heteroatoms. The number of rotatable bonds is 4. The first kappa shape index (κ1) is 14.1. The molecule has 0 aliphatic heterocycles. The fourth-order valence-corrected chi connectivity index (χ4v) is 2.70. The van der Waals surface area contributed by atoms with Crippen molar-refractivity contribution in [2.45, 2.75) is 45.6 Å². The Bertz CT molecular complexity index is 436. The molecule has 2 unspecified atom stereocenters. The average Bonchev–Trinajstić information content (AvgIpc) is 2.41. The van der Waals surface area contributed by atoms with Crippen LogP contribution in [0.3, 0.4) is 0 Å². The van der Waals surface area contributed by atoms with Gasteiger partial charge in [-0.2, -0.15) is 0 Å². The molecule has 1 aromatic rings. The average molecular weight is 264 g/mol. The Morgan fingerprint density at radius 2 is 1.84 bits per heavy atom. The minimum Gasteiger partial charge on any atom is -0.393 e. The lowest BCUT2D eigenvalue weighted by molar-refractivity contribution is 0.0763. The number of aliphatic hydroxyl groups excluding tert-OH is 1. The molecule has 5 nitrogen and oxygen atoms in total. The van der Waals surface area contributed by atoms with Gasteiger partial charge in [0.05, 0.1) is 6.10 Å². The predicted octanol–water partition coefficient (Wildman–Crippen LogP) is 2.10. The summed E-state index contributed by atoms with van der Waals surface area (Å²) in [4.78, 5) is 8.80.